The third-order valence-electron chi connectivity index (χ3n) is 4.58. The zero-order chi connectivity index (χ0) is 16.2. The highest BCUT2D eigenvalue weighted by Crippen LogP contribution is 2.24. The third kappa shape index (κ3) is 4.34. The summed E-state index contributed by atoms with van der Waals surface area (Å²) >= 11 is 5.93. The molecule has 1 amide bonds. The van der Waals surface area contributed by atoms with E-state index in [1.165, 1.54) is 11.1 Å². The molecule has 5 heteroatoms. The van der Waals surface area contributed by atoms with Gasteiger partial charge in [0.1, 0.15) is 0 Å². The largest absolute Gasteiger partial charge is 0.390 e. The Bertz CT molecular complexity index is 585. The Morgan fingerprint density at radius 1 is 1.13 bits per heavy atom. The number of hydrogen-bond acceptors (Lipinski definition) is 3. The molecule has 0 aliphatic carbocycles. The van der Waals surface area contributed by atoms with Gasteiger partial charge in [-0.25, -0.2) is 0 Å². The second kappa shape index (κ2) is 7.47. The molecule has 1 aromatic carbocycles. The predicted molar refractivity (Wildman–Crippen MR) is 92.3 cm³/mol. The number of carbonyl (C=O) groups excluding carboxylic acids is 1. The van der Waals surface area contributed by atoms with E-state index in [4.69, 9.17) is 11.6 Å². The summed E-state index contributed by atoms with van der Waals surface area (Å²) in [6, 6.07) is 7.94. The lowest BCUT2D eigenvalue weighted by molar-refractivity contribution is -0.129. The van der Waals surface area contributed by atoms with Crippen LogP contribution in [-0.2, 0) is 4.79 Å². The van der Waals surface area contributed by atoms with Crippen molar-refractivity contribution in [1.82, 2.24) is 9.80 Å². The van der Waals surface area contributed by atoms with E-state index >= 15 is 0 Å². The van der Waals surface area contributed by atoms with Crippen molar-refractivity contribution in [1.29, 1.82) is 0 Å². The van der Waals surface area contributed by atoms with E-state index in [-0.39, 0.29) is 5.91 Å². The summed E-state index contributed by atoms with van der Waals surface area (Å²) < 4.78 is 0. The lowest BCUT2D eigenvalue weighted by Gasteiger charge is -2.29. The second-order valence-corrected chi connectivity index (χ2v) is 6.78. The van der Waals surface area contributed by atoms with Gasteiger partial charge in [-0.15, -0.1) is 0 Å². The molecule has 2 aliphatic rings. The topological polar surface area (TPSA) is 43.8 Å². The Labute approximate surface area is 142 Å². The van der Waals surface area contributed by atoms with Gasteiger partial charge in [-0.1, -0.05) is 29.8 Å². The molecule has 0 saturated carbocycles. The molecule has 0 bridgehead atoms. The minimum atomic E-state index is -0.470. The number of hydrogen-bond donors (Lipinski definition) is 1. The van der Waals surface area contributed by atoms with E-state index < -0.39 is 6.10 Å². The molecule has 0 spiro atoms. The Morgan fingerprint density at radius 2 is 1.91 bits per heavy atom. The van der Waals surface area contributed by atoms with Crippen molar-refractivity contribution in [3.63, 3.8) is 0 Å². The first kappa shape index (κ1) is 16.5. The first-order chi connectivity index (χ1) is 11.1. The Hall–Kier alpha value is -1.36. The molecule has 1 N–H and O–H groups in total. The summed E-state index contributed by atoms with van der Waals surface area (Å²) in [5, 5.41) is 11.0. The monoisotopic (exact) mass is 334 g/mol. The van der Waals surface area contributed by atoms with Crippen LogP contribution in [0.15, 0.2) is 30.3 Å². The van der Waals surface area contributed by atoms with Crippen molar-refractivity contribution in [3.8, 4) is 0 Å². The molecule has 2 heterocycles. The van der Waals surface area contributed by atoms with Gasteiger partial charge in [0.25, 0.3) is 0 Å². The SMILES string of the molecule is O=C1CCCN1C[C@H](O)CN1CC=C(c2ccc(Cl)cc2)CC1. The fourth-order valence-electron chi connectivity index (χ4n) is 3.31. The van der Waals surface area contributed by atoms with Crippen LogP contribution in [0.25, 0.3) is 5.57 Å². The first-order valence-corrected chi connectivity index (χ1v) is 8.63. The van der Waals surface area contributed by atoms with Gasteiger partial charge in [0.15, 0.2) is 0 Å². The first-order valence-electron chi connectivity index (χ1n) is 8.25. The molecule has 0 aromatic heterocycles. The van der Waals surface area contributed by atoms with Crippen LogP contribution >= 0.6 is 11.6 Å². The number of rotatable bonds is 5. The van der Waals surface area contributed by atoms with Gasteiger partial charge >= 0.3 is 0 Å². The number of likely N-dealkylation sites (tertiary alicyclic amines) is 1. The standard InChI is InChI=1S/C18H23ClN2O2/c19-16-5-3-14(4-6-16)15-7-10-20(11-8-15)12-17(22)13-21-9-1-2-18(21)23/h3-7,17,22H,1-2,8-13H2/t17-/m1/s1. The van der Waals surface area contributed by atoms with Crippen molar-refractivity contribution in [2.24, 2.45) is 0 Å². The average Bonchev–Trinajstić information content (AvgIpc) is 2.94. The highest BCUT2D eigenvalue weighted by molar-refractivity contribution is 6.30. The summed E-state index contributed by atoms with van der Waals surface area (Å²) in [5.74, 6) is 0.174. The number of halogens is 1. The molecular formula is C18H23ClN2O2. The molecule has 4 nitrogen and oxygen atoms in total. The van der Waals surface area contributed by atoms with E-state index in [2.05, 4.69) is 23.1 Å². The molecule has 1 saturated heterocycles. The highest BCUT2D eigenvalue weighted by atomic mass is 35.5. The zero-order valence-corrected chi connectivity index (χ0v) is 14.0. The van der Waals surface area contributed by atoms with E-state index in [1.54, 1.807) is 4.90 Å². The van der Waals surface area contributed by atoms with Gasteiger partial charge < -0.3 is 10.0 Å². The summed E-state index contributed by atoms with van der Waals surface area (Å²) in [6.07, 6.45) is 4.27. The van der Waals surface area contributed by atoms with Crippen molar-refractivity contribution in [2.45, 2.75) is 25.4 Å². The van der Waals surface area contributed by atoms with Crippen LogP contribution in [-0.4, -0.2) is 59.6 Å². The van der Waals surface area contributed by atoms with E-state index in [9.17, 15) is 9.90 Å². The van der Waals surface area contributed by atoms with Gasteiger partial charge in [0, 0.05) is 44.2 Å². The maximum atomic E-state index is 11.6. The third-order valence-corrected chi connectivity index (χ3v) is 4.83. The molecule has 1 atom stereocenters. The fraction of sp³-hybridized carbons (Fsp3) is 0.500. The van der Waals surface area contributed by atoms with Crippen molar-refractivity contribution in [3.05, 3.63) is 40.9 Å². The summed E-state index contributed by atoms with van der Waals surface area (Å²) in [4.78, 5) is 15.6. The molecule has 23 heavy (non-hydrogen) atoms. The van der Waals surface area contributed by atoms with Crippen LogP contribution in [0.5, 0.6) is 0 Å². The van der Waals surface area contributed by atoms with E-state index in [0.717, 1.165) is 37.5 Å². The normalized spacial score (nSPS) is 20.7. The van der Waals surface area contributed by atoms with Crippen LogP contribution in [0.3, 0.4) is 0 Å². The van der Waals surface area contributed by atoms with Gasteiger partial charge in [0.2, 0.25) is 5.91 Å². The molecule has 0 unspecified atom stereocenters. The van der Waals surface area contributed by atoms with Crippen LogP contribution in [0.1, 0.15) is 24.8 Å². The van der Waals surface area contributed by atoms with Gasteiger partial charge in [-0.2, -0.15) is 0 Å². The number of benzene rings is 1. The fourth-order valence-corrected chi connectivity index (χ4v) is 3.44. The van der Waals surface area contributed by atoms with Crippen LogP contribution in [0.4, 0.5) is 0 Å². The van der Waals surface area contributed by atoms with Crippen molar-refractivity contribution >= 4 is 23.1 Å². The van der Waals surface area contributed by atoms with Crippen molar-refractivity contribution in [2.75, 3.05) is 32.7 Å². The maximum absolute atomic E-state index is 11.6. The summed E-state index contributed by atoms with van der Waals surface area (Å²) in [5.41, 5.74) is 2.55. The van der Waals surface area contributed by atoms with Crippen LogP contribution in [0.2, 0.25) is 5.02 Å². The zero-order valence-electron chi connectivity index (χ0n) is 13.2. The van der Waals surface area contributed by atoms with Gasteiger partial charge in [0.05, 0.1) is 6.10 Å². The highest BCUT2D eigenvalue weighted by Gasteiger charge is 2.24. The smallest absolute Gasteiger partial charge is 0.222 e. The second-order valence-electron chi connectivity index (χ2n) is 6.34. The van der Waals surface area contributed by atoms with Crippen LogP contribution in [0, 0.1) is 0 Å². The van der Waals surface area contributed by atoms with Gasteiger partial charge in [-0.05, 0) is 36.1 Å². The number of β-amino-alcohol motifs (C(OH)–C–C–N with tert-alkyl or cyclic N) is 1. The number of carbonyl (C=O) groups is 1. The summed E-state index contributed by atoms with van der Waals surface area (Å²) in [7, 11) is 0. The summed E-state index contributed by atoms with van der Waals surface area (Å²) in [6.45, 7) is 3.64. The molecule has 0 radical (unpaired) electrons. The maximum Gasteiger partial charge on any atom is 0.222 e. The minimum absolute atomic E-state index is 0.174. The molecule has 3 rings (SSSR count). The molecular weight excluding hydrogens is 312 g/mol. The van der Waals surface area contributed by atoms with Gasteiger partial charge in [-0.3, -0.25) is 9.69 Å². The van der Waals surface area contributed by atoms with E-state index in [0.29, 0.717) is 19.5 Å². The molecule has 1 aromatic rings. The number of aliphatic hydroxyl groups excluding tert-OH is 1. The van der Waals surface area contributed by atoms with E-state index in [1.807, 2.05) is 12.1 Å². The Kier molecular flexibility index (Phi) is 5.36. The Morgan fingerprint density at radius 3 is 2.52 bits per heavy atom. The molecule has 2 aliphatic heterocycles. The van der Waals surface area contributed by atoms with Crippen molar-refractivity contribution < 1.29 is 9.90 Å². The quantitative estimate of drug-likeness (QED) is 0.899. The number of nitrogens with zero attached hydrogens (tertiary/aromatic N) is 2. The Balaban J connectivity index is 1.50. The minimum Gasteiger partial charge on any atom is -0.390 e. The average molecular weight is 335 g/mol. The lowest BCUT2D eigenvalue weighted by atomic mass is 9.99. The number of aliphatic hydroxyl groups is 1. The number of amides is 1. The molecule has 124 valence electrons. The predicted octanol–water partition coefficient (Wildman–Crippen LogP) is 2.41. The van der Waals surface area contributed by atoms with Crippen LogP contribution < -0.4 is 0 Å². The molecule has 1 fully saturated rings. The lowest BCUT2D eigenvalue weighted by Crippen LogP contribution is -2.42.